The van der Waals surface area contributed by atoms with Gasteiger partial charge in [0.15, 0.2) is 0 Å². The molecule has 0 spiro atoms. The number of nitrogens with two attached hydrogens (primary N) is 1. The van der Waals surface area contributed by atoms with Gasteiger partial charge in [0.2, 0.25) is 10.0 Å². The van der Waals surface area contributed by atoms with Crippen molar-refractivity contribution in [2.24, 2.45) is 0 Å². The van der Waals surface area contributed by atoms with E-state index in [1.807, 2.05) is 0 Å². The molecule has 2 rings (SSSR count). The predicted octanol–water partition coefficient (Wildman–Crippen LogP) is 0.535. The molecule has 4 N–H and O–H groups in total. The molecule has 1 aromatic carbocycles. The fraction of sp³-hybridized carbons (Fsp3) is 0.538. The summed E-state index contributed by atoms with van der Waals surface area (Å²) in [5.74, 6) is -0.634. The molecule has 118 valence electrons. The van der Waals surface area contributed by atoms with Gasteiger partial charge in [0, 0.05) is 19.6 Å². The van der Waals surface area contributed by atoms with E-state index in [0.29, 0.717) is 13.0 Å². The molecular weight excluding hydrogens is 299 g/mol. The number of halogens is 1. The van der Waals surface area contributed by atoms with E-state index in [1.54, 1.807) is 6.92 Å². The highest BCUT2D eigenvalue weighted by molar-refractivity contribution is 7.89. The van der Waals surface area contributed by atoms with Gasteiger partial charge >= 0.3 is 0 Å². The number of rotatable bonds is 4. The Hall–Kier alpha value is -1.22. The van der Waals surface area contributed by atoms with Crippen LogP contribution in [0.2, 0.25) is 0 Å². The predicted molar refractivity (Wildman–Crippen MR) is 75.7 cm³/mol. The van der Waals surface area contributed by atoms with Crippen molar-refractivity contribution < 1.29 is 22.7 Å². The Bertz CT molecular complexity index is 627. The standard InChI is InChI=1S/C13H19FN2O4S/c1-8-5-10(6-11(15)12(8)14)21(18,19)16-7-13(17)3-4-20-9(13)2/h5-6,9,16-17H,3-4,7,15H2,1-2H3. The number of nitrogens with one attached hydrogen (secondary N) is 1. The van der Waals surface area contributed by atoms with Crippen LogP contribution in [0.3, 0.4) is 0 Å². The first-order valence-electron chi connectivity index (χ1n) is 6.55. The van der Waals surface area contributed by atoms with Crippen molar-refractivity contribution in [3.05, 3.63) is 23.5 Å². The summed E-state index contributed by atoms with van der Waals surface area (Å²) in [6.45, 7) is 3.32. The molecule has 2 atom stereocenters. The zero-order valence-corrected chi connectivity index (χ0v) is 12.7. The molecule has 8 heteroatoms. The Morgan fingerprint density at radius 3 is 2.76 bits per heavy atom. The second kappa shape index (κ2) is 5.53. The normalized spacial score (nSPS) is 26.2. The minimum absolute atomic E-state index is 0.130. The Kier molecular flexibility index (Phi) is 4.25. The molecule has 2 unspecified atom stereocenters. The molecule has 1 saturated heterocycles. The largest absolute Gasteiger partial charge is 0.396 e. The number of nitrogen functional groups attached to an aromatic ring is 1. The van der Waals surface area contributed by atoms with Gasteiger partial charge in [-0.2, -0.15) is 0 Å². The first-order valence-corrected chi connectivity index (χ1v) is 8.03. The third-order valence-electron chi connectivity index (χ3n) is 3.79. The number of aliphatic hydroxyl groups is 1. The monoisotopic (exact) mass is 318 g/mol. The van der Waals surface area contributed by atoms with Crippen LogP contribution in [-0.2, 0) is 14.8 Å². The van der Waals surface area contributed by atoms with E-state index in [2.05, 4.69) is 4.72 Å². The third-order valence-corrected chi connectivity index (χ3v) is 5.18. The molecule has 1 fully saturated rings. The first kappa shape index (κ1) is 16.2. The molecule has 0 saturated carbocycles. The number of hydrogen-bond acceptors (Lipinski definition) is 5. The highest BCUT2D eigenvalue weighted by Crippen LogP contribution is 2.26. The van der Waals surface area contributed by atoms with Crippen LogP contribution in [0, 0.1) is 12.7 Å². The topological polar surface area (TPSA) is 102 Å². The molecule has 0 amide bonds. The van der Waals surface area contributed by atoms with Crippen molar-refractivity contribution in [2.45, 2.75) is 36.9 Å². The number of hydrogen-bond donors (Lipinski definition) is 3. The van der Waals surface area contributed by atoms with Crippen LogP contribution < -0.4 is 10.5 Å². The van der Waals surface area contributed by atoms with E-state index in [4.69, 9.17) is 10.5 Å². The van der Waals surface area contributed by atoms with Crippen LogP contribution >= 0.6 is 0 Å². The molecule has 1 heterocycles. The zero-order chi connectivity index (χ0) is 15.8. The summed E-state index contributed by atoms with van der Waals surface area (Å²) in [7, 11) is -3.88. The van der Waals surface area contributed by atoms with Gasteiger partial charge in [0.1, 0.15) is 11.4 Å². The minimum Gasteiger partial charge on any atom is -0.396 e. The third kappa shape index (κ3) is 3.18. The average Bonchev–Trinajstić information content (AvgIpc) is 2.74. The van der Waals surface area contributed by atoms with E-state index < -0.39 is 27.5 Å². The number of aryl methyl sites for hydroxylation is 1. The Balaban J connectivity index is 2.19. The average molecular weight is 318 g/mol. The lowest BCUT2D eigenvalue weighted by atomic mass is 9.97. The molecule has 6 nitrogen and oxygen atoms in total. The van der Waals surface area contributed by atoms with Crippen molar-refractivity contribution >= 4 is 15.7 Å². The zero-order valence-electron chi connectivity index (χ0n) is 11.9. The molecular formula is C13H19FN2O4S. The second-order valence-electron chi connectivity index (χ2n) is 5.33. The van der Waals surface area contributed by atoms with Crippen molar-refractivity contribution in [3.8, 4) is 0 Å². The van der Waals surface area contributed by atoms with Gasteiger partial charge in [-0.15, -0.1) is 0 Å². The van der Waals surface area contributed by atoms with Gasteiger partial charge in [-0.25, -0.2) is 17.5 Å². The van der Waals surface area contributed by atoms with Gasteiger partial charge in [-0.3, -0.25) is 0 Å². The van der Waals surface area contributed by atoms with Crippen molar-refractivity contribution in [1.82, 2.24) is 4.72 Å². The van der Waals surface area contributed by atoms with Gasteiger partial charge in [0.25, 0.3) is 0 Å². The van der Waals surface area contributed by atoms with Crippen LogP contribution in [0.4, 0.5) is 10.1 Å². The summed E-state index contributed by atoms with van der Waals surface area (Å²) in [5, 5.41) is 10.3. The van der Waals surface area contributed by atoms with Gasteiger partial charge in [-0.1, -0.05) is 0 Å². The second-order valence-corrected chi connectivity index (χ2v) is 7.10. The smallest absolute Gasteiger partial charge is 0.240 e. The minimum atomic E-state index is -3.88. The lowest BCUT2D eigenvalue weighted by molar-refractivity contribution is -0.0228. The van der Waals surface area contributed by atoms with Gasteiger partial charge < -0.3 is 15.6 Å². The SMILES string of the molecule is Cc1cc(S(=O)(=O)NCC2(O)CCOC2C)cc(N)c1F. The molecule has 0 bridgehead atoms. The first-order chi connectivity index (χ1) is 9.66. The summed E-state index contributed by atoms with van der Waals surface area (Å²) in [6, 6.07) is 2.26. The van der Waals surface area contributed by atoms with Crippen LogP contribution in [0.1, 0.15) is 18.9 Å². The maximum absolute atomic E-state index is 13.4. The van der Waals surface area contributed by atoms with Crippen molar-refractivity contribution in [1.29, 1.82) is 0 Å². The van der Waals surface area contributed by atoms with E-state index in [-0.39, 0.29) is 22.7 Å². The van der Waals surface area contributed by atoms with Gasteiger partial charge in [-0.05, 0) is 31.5 Å². The Morgan fingerprint density at radius 1 is 1.57 bits per heavy atom. The van der Waals surface area contributed by atoms with Gasteiger partial charge in [0.05, 0.1) is 16.7 Å². The summed E-state index contributed by atoms with van der Waals surface area (Å²) >= 11 is 0. The summed E-state index contributed by atoms with van der Waals surface area (Å²) < 4.78 is 45.4. The Morgan fingerprint density at radius 2 is 2.24 bits per heavy atom. The molecule has 21 heavy (non-hydrogen) atoms. The van der Waals surface area contributed by atoms with E-state index >= 15 is 0 Å². The lowest BCUT2D eigenvalue weighted by Crippen LogP contribution is -2.47. The summed E-state index contributed by atoms with van der Waals surface area (Å²) in [4.78, 5) is -0.130. The molecule has 1 aliphatic heterocycles. The molecule has 0 radical (unpaired) electrons. The molecule has 0 aromatic heterocycles. The van der Waals surface area contributed by atoms with Crippen LogP contribution in [-0.4, -0.2) is 38.4 Å². The quantitative estimate of drug-likeness (QED) is 0.703. The lowest BCUT2D eigenvalue weighted by Gasteiger charge is -2.26. The van der Waals surface area contributed by atoms with Crippen LogP contribution in [0.25, 0.3) is 0 Å². The maximum Gasteiger partial charge on any atom is 0.240 e. The highest BCUT2D eigenvalue weighted by atomic mass is 32.2. The number of benzene rings is 1. The van der Waals surface area contributed by atoms with Crippen molar-refractivity contribution in [3.63, 3.8) is 0 Å². The van der Waals surface area contributed by atoms with E-state index in [0.717, 1.165) is 6.07 Å². The van der Waals surface area contributed by atoms with E-state index in [1.165, 1.54) is 13.0 Å². The number of ether oxygens (including phenoxy) is 1. The summed E-state index contributed by atoms with van der Waals surface area (Å²) in [6.07, 6.45) is -0.110. The maximum atomic E-state index is 13.4. The number of anilines is 1. The van der Waals surface area contributed by atoms with E-state index in [9.17, 15) is 17.9 Å². The fourth-order valence-electron chi connectivity index (χ4n) is 2.22. The number of sulfonamides is 1. The fourth-order valence-corrected chi connectivity index (χ4v) is 3.44. The highest BCUT2D eigenvalue weighted by Gasteiger charge is 2.40. The molecule has 0 aliphatic carbocycles. The van der Waals surface area contributed by atoms with Crippen LogP contribution in [0.5, 0.6) is 0 Å². The summed E-state index contributed by atoms with van der Waals surface area (Å²) in [5.41, 5.74) is 4.12. The molecule has 1 aromatic rings. The Labute approximate surface area is 123 Å². The van der Waals surface area contributed by atoms with Crippen LogP contribution in [0.15, 0.2) is 17.0 Å². The molecule has 1 aliphatic rings. The van der Waals surface area contributed by atoms with Crippen molar-refractivity contribution in [2.75, 3.05) is 18.9 Å².